The first-order valence-electron chi connectivity index (χ1n) is 7.47. The maximum Gasteiger partial charge on any atom is 0.211 e. The summed E-state index contributed by atoms with van der Waals surface area (Å²) in [5.41, 5.74) is 0.857. The van der Waals surface area contributed by atoms with Crippen LogP contribution in [-0.2, 0) is 15.6 Å². The van der Waals surface area contributed by atoms with Crippen molar-refractivity contribution in [1.29, 1.82) is 0 Å². The van der Waals surface area contributed by atoms with Gasteiger partial charge in [0.25, 0.3) is 0 Å². The first kappa shape index (κ1) is 14.2. The number of ketones is 1. The van der Waals surface area contributed by atoms with Crippen molar-refractivity contribution in [2.75, 3.05) is 30.5 Å². The summed E-state index contributed by atoms with van der Waals surface area (Å²) >= 11 is 1.79. The monoisotopic (exact) mass is 329 g/mol. The van der Waals surface area contributed by atoms with Crippen LogP contribution < -0.4 is 0 Å². The van der Waals surface area contributed by atoms with Crippen molar-refractivity contribution in [3.05, 3.63) is 48.0 Å². The Morgan fingerprint density at radius 1 is 1.05 bits per heavy atom. The van der Waals surface area contributed by atoms with Crippen LogP contribution in [0.25, 0.3) is 20.2 Å². The van der Waals surface area contributed by atoms with E-state index in [0.29, 0.717) is 5.75 Å². The minimum Gasteiger partial charge on any atom is -0.372 e. The molecule has 0 amide bonds. The summed E-state index contributed by atoms with van der Waals surface area (Å²) < 4.78 is 7.92. The average Bonchev–Trinajstić information content (AvgIpc) is 2.93. The molecular weight excluding hydrogens is 312 g/mol. The lowest BCUT2D eigenvalue weighted by molar-refractivity contribution is 0.102. The molecule has 0 saturated carbocycles. The Bertz CT molecular complexity index is 831. The normalized spacial score (nSPS) is 16.4. The third-order valence-corrected chi connectivity index (χ3v) is 7.38. The molecule has 0 radical (unpaired) electrons. The van der Waals surface area contributed by atoms with Gasteiger partial charge in [-0.25, -0.2) is 0 Å². The van der Waals surface area contributed by atoms with Crippen molar-refractivity contribution in [1.82, 2.24) is 0 Å². The third kappa shape index (κ3) is 2.67. The SMILES string of the molecule is O=C(C[S+]1CCOCC1)c1ccc2sc3ccccc3c2c1. The van der Waals surface area contributed by atoms with Crippen molar-refractivity contribution in [2.45, 2.75) is 0 Å². The van der Waals surface area contributed by atoms with E-state index in [1.165, 1.54) is 20.2 Å². The number of hydrogen-bond acceptors (Lipinski definition) is 3. The molecule has 1 aliphatic heterocycles. The van der Waals surface area contributed by atoms with Crippen LogP contribution in [0.5, 0.6) is 0 Å². The van der Waals surface area contributed by atoms with E-state index in [-0.39, 0.29) is 16.7 Å². The van der Waals surface area contributed by atoms with Crippen LogP contribution in [0.3, 0.4) is 0 Å². The number of Topliss-reactive ketones (excluding diaryl/α,β-unsaturated/α-hetero) is 1. The van der Waals surface area contributed by atoms with Crippen LogP contribution in [0.4, 0.5) is 0 Å². The Balaban J connectivity index is 1.66. The second kappa shape index (κ2) is 6.03. The van der Waals surface area contributed by atoms with E-state index in [1.54, 1.807) is 11.3 Å². The van der Waals surface area contributed by atoms with Crippen molar-refractivity contribution in [2.24, 2.45) is 0 Å². The fourth-order valence-corrected chi connectivity index (χ4v) is 5.69. The predicted octanol–water partition coefficient (Wildman–Crippen LogP) is 3.89. The van der Waals surface area contributed by atoms with Gasteiger partial charge in [0.1, 0.15) is 11.5 Å². The van der Waals surface area contributed by atoms with Gasteiger partial charge in [0.15, 0.2) is 5.75 Å². The summed E-state index contributed by atoms with van der Waals surface area (Å²) in [6.45, 7) is 1.62. The highest BCUT2D eigenvalue weighted by Gasteiger charge is 2.26. The van der Waals surface area contributed by atoms with E-state index >= 15 is 0 Å². The zero-order valence-corrected chi connectivity index (χ0v) is 13.8. The lowest BCUT2D eigenvalue weighted by Gasteiger charge is -2.13. The van der Waals surface area contributed by atoms with Gasteiger partial charge >= 0.3 is 0 Å². The molecule has 1 aromatic heterocycles. The van der Waals surface area contributed by atoms with Crippen molar-refractivity contribution in [3.8, 4) is 0 Å². The van der Waals surface area contributed by atoms with E-state index in [9.17, 15) is 4.79 Å². The molecule has 2 aromatic carbocycles. The van der Waals surface area contributed by atoms with Gasteiger partial charge in [0, 0.05) is 36.6 Å². The number of fused-ring (bicyclic) bond motifs is 3. The van der Waals surface area contributed by atoms with Gasteiger partial charge in [0.2, 0.25) is 5.78 Å². The second-order valence-corrected chi connectivity index (χ2v) is 8.92. The summed E-state index contributed by atoms with van der Waals surface area (Å²) in [7, 11) is 0.202. The number of rotatable bonds is 3. The summed E-state index contributed by atoms with van der Waals surface area (Å²) in [6, 6.07) is 14.6. The molecule has 22 heavy (non-hydrogen) atoms. The van der Waals surface area contributed by atoms with Crippen LogP contribution in [0.1, 0.15) is 10.4 Å². The van der Waals surface area contributed by atoms with Gasteiger partial charge in [-0.05, 0) is 24.3 Å². The lowest BCUT2D eigenvalue weighted by atomic mass is 10.1. The smallest absolute Gasteiger partial charge is 0.211 e. The van der Waals surface area contributed by atoms with Crippen LogP contribution in [0.15, 0.2) is 42.5 Å². The zero-order valence-electron chi connectivity index (χ0n) is 12.2. The van der Waals surface area contributed by atoms with Gasteiger partial charge in [-0.15, -0.1) is 11.3 Å². The highest BCUT2D eigenvalue weighted by molar-refractivity contribution is 7.97. The van der Waals surface area contributed by atoms with Crippen LogP contribution in [-0.4, -0.2) is 36.3 Å². The Hall–Kier alpha value is -1.36. The molecule has 0 unspecified atom stereocenters. The molecule has 2 heterocycles. The van der Waals surface area contributed by atoms with E-state index in [4.69, 9.17) is 4.74 Å². The molecule has 2 nitrogen and oxygen atoms in total. The summed E-state index contributed by atoms with van der Waals surface area (Å²) in [5.74, 6) is 3.03. The minimum absolute atomic E-state index is 0.202. The molecule has 0 N–H and O–H groups in total. The maximum atomic E-state index is 12.6. The Morgan fingerprint density at radius 3 is 2.68 bits per heavy atom. The van der Waals surface area contributed by atoms with Crippen LogP contribution >= 0.6 is 11.3 Å². The highest BCUT2D eigenvalue weighted by Crippen LogP contribution is 2.34. The first-order chi connectivity index (χ1) is 10.8. The van der Waals surface area contributed by atoms with Gasteiger partial charge in [-0.1, -0.05) is 18.2 Å². The number of hydrogen-bond donors (Lipinski definition) is 0. The number of carbonyl (C=O) groups is 1. The van der Waals surface area contributed by atoms with Crippen molar-refractivity contribution in [3.63, 3.8) is 0 Å². The fourth-order valence-electron chi connectivity index (χ4n) is 2.87. The lowest BCUT2D eigenvalue weighted by Crippen LogP contribution is -2.31. The standard InChI is InChI=1S/C18H17O2S2/c19-16(12-22-9-7-20-8-10-22)13-5-6-18-15(11-13)14-3-1-2-4-17(14)21-18/h1-6,11H,7-10,12H2/q+1. The Labute approximate surface area is 136 Å². The summed E-state index contributed by atoms with van der Waals surface area (Å²) in [5, 5.41) is 2.47. The maximum absolute atomic E-state index is 12.6. The Morgan fingerprint density at radius 2 is 1.82 bits per heavy atom. The molecule has 0 bridgehead atoms. The van der Waals surface area contributed by atoms with E-state index < -0.39 is 0 Å². The van der Waals surface area contributed by atoms with E-state index in [2.05, 4.69) is 36.4 Å². The van der Waals surface area contributed by atoms with Crippen molar-refractivity contribution >= 4 is 48.2 Å². The molecule has 0 aliphatic carbocycles. The predicted molar refractivity (Wildman–Crippen MR) is 96.4 cm³/mol. The largest absolute Gasteiger partial charge is 0.372 e. The first-order valence-corrected chi connectivity index (χ1v) is 10.0. The molecule has 1 fully saturated rings. The average molecular weight is 329 g/mol. The number of carbonyl (C=O) groups excluding carboxylic acids is 1. The molecule has 4 heteroatoms. The molecular formula is C18H17O2S2+. The molecule has 0 spiro atoms. The summed E-state index contributed by atoms with van der Waals surface area (Å²) in [4.78, 5) is 12.6. The zero-order chi connectivity index (χ0) is 14.9. The number of ether oxygens (including phenoxy) is 1. The highest BCUT2D eigenvalue weighted by atomic mass is 32.2. The van der Waals surface area contributed by atoms with Crippen LogP contribution in [0.2, 0.25) is 0 Å². The van der Waals surface area contributed by atoms with E-state index in [1.807, 2.05) is 6.07 Å². The molecule has 4 rings (SSSR count). The Kier molecular flexibility index (Phi) is 3.90. The van der Waals surface area contributed by atoms with Crippen LogP contribution in [0, 0.1) is 0 Å². The third-order valence-electron chi connectivity index (χ3n) is 4.07. The second-order valence-electron chi connectivity index (χ2n) is 5.51. The molecule has 1 aliphatic rings. The molecule has 112 valence electrons. The number of benzene rings is 2. The molecule has 0 atom stereocenters. The fraction of sp³-hybridized carbons (Fsp3) is 0.278. The molecule has 3 aromatic rings. The topological polar surface area (TPSA) is 26.3 Å². The van der Waals surface area contributed by atoms with E-state index in [0.717, 1.165) is 30.3 Å². The molecule has 1 saturated heterocycles. The van der Waals surface area contributed by atoms with Gasteiger partial charge in [0.05, 0.1) is 13.2 Å². The number of thiophene rings is 1. The van der Waals surface area contributed by atoms with Gasteiger partial charge < -0.3 is 4.74 Å². The summed E-state index contributed by atoms with van der Waals surface area (Å²) in [6.07, 6.45) is 0. The minimum atomic E-state index is 0.202. The van der Waals surface area contributed by atoms with Gasteiger partial charge in [-0.3, -0.25) is 4.79 Å². The van der Waals surface area contributed by atoms with Crippen molar-refractivity contribution < 1.29 is 9.53 Å². The van der Waals surface area contributed by atoms with Gasteiger partial charge in [-0.2, -0.15) is 0 Å². The quantitative estimate of drug-likeness (QED) is 0.538.